The summed E-state index contributed by atoms with van der Waals surface area (Å²) < 4.78 is 5.60. The third-order valence-corrected chi connectivity index (χ3v) is 2.75. The van der Waals surface area contributed by atoms with Gasteiger partial charge in [0.25, 0.3) is 0 Å². The summed E-state index contributed by atoms with van der Waals surface area (Å²) in [6.07, 6.45) is 2.96. The van der Waals surface area contributed by atoms with Gasteiger partial charge >= 0.3 is 6.01 Å². The monoisotopic (exact) mass is 251 g/mol. The van der Waals surface area contributed by atoms with Gasteiger partial charge < -0.3 is 10.1 Å². The second-order valence-electron chi connectivity index (χ2n) is 5.70. The van der Waals surface area contributed by atoms with Crippen LogP contribution in [0.1, 0.15) is 52.3 Å². The second kappa shape index (κ2) is 6.14. The fourth-order valence-electron chi connectivity index (χ4n) is 1.32. The highest BCUT2D eigenvalue weighted by Crippen LogP contribution is 2.12. The van der Waals surface area contributed by atoms with Gasteiger partial charge in [0.05, 0.1) is 6.10 Å². The van der Waals surface area contributed by atoms with Gasteiger partial charge in [-0.2, -0.15) is 0 Å². The standard InChI is InChI=1S/C14H25N3O/c1-7-10(2)18-13-15-8-12(11(3)17-13)9-16-14(4,5)6/h8,10,16H,7,9H2,1-6H3. The van der Waals surface area contributed by atoms with E-state index in [-0.39, 0.29) is 11.6 Å². The highest BCUT2D eigenvalue weighted by molar-refractivity contribution is 5.18. The topological polar surface area (TPSA) is 47.0 Å². The Kier molecular flexibility index (Phi) is 5.08. The molecule has 0 fully saturated rings. The zero-order valence-corrected chi connectivity index (χ0v) is 12.4. The molecule has 1 aromatic rings. The largest absolute Gasteiger partial charge is 0.460 e. The third-order valence-electron chi connectivity index (χ3n) is 2.75. The van der Waals surface area contributed by atoms with E-state index in [0.29, 0.717) is 6.01 Å². The predicted molar refractivity (Wildman–Crippen MR) is 73.7 cm³/mol. The lowest BCUT2D eigenvalue weighted by Gasteiger charge is -2.21. The van der Waals surface area contributed by atoms with Crippen molar-refractivity contribution in [3.8, 4) is 6.01 Å². The summed E-state index contributed by atoms with van der Waals surface area (Å²) >= 11 is 0. The Morgan fingerprint density at radius 1 is 1.39 bits per heavy atom. The molecule has 0 aliphatic rings. The Morgan fingerprint density at radius 3 is 2.56 bits per heavy atom. The fraction of sp³-hybridized carbons (Fsp3) is 0.714. The molecule has 1 aromatic heterocycles. The van der Waals surface area contributed by atoms with Crippen LogP contribution in [-0.4, -0.2) is 21.6 Å². The molecule has 0 bridgehead atoms. The molecule has 1 atom stereocenters. The molecule has 0 aliphatic heterocycles. The number of hydrogen-bond acceptors (Lipinski definition) is 4. The highest BCUT2D eigenvalue weighted by Gasteiger charge is 2.11. The second-order valence-corrected chi connectivity index (χ2v) is 5.70. The molecular weight excluding hydrogens is 226 g/mol. The van der Waals surface area contributed by atoms with Gasteiger partial charge in [-0.15, -0.1) is 0 Å². The smallest absolute Gasteiger partial charge is 0.316 e. The lowest BCUT2D eigenvalue weighted by molar-refractivity contribution is 0.198. The maximum absolute atomic E-state index is 5.60. The van der Waals surface area contributed by atoms with E-state index in [4.69, 9.17) is 4.74 Å². The van der Waals surface area contributed by atoms with Crippen molar-refractivity contribution in [2.75, 3.05) is 0 Å². The van der Waals surface area contributed by atoms with E-state index in [1.165, 1.54) is 0 Å². The van der Waals surface area contributed by atoms with Crippen molar-refractivity contribution in [1.29, 1.82) is 0 Å². The predicted octanol–water partition coefficient (Wildman–Crippen LogP) is 2.85. The maximum atomic E-state index is 5.60. The van der Waals surface area contributed by atoms with E-state index < -0.39 is 0 Å². The average Bonchev–Trinajstić information content (AvgIpc) is 2.26. The zero-order chi connectivity index (χ0) is 13.8. The molecule has 1 unspecified atom stereocenters. The minimum atomic E-state index is 0.0956. The zero-order valence-electron chi connectivity index (χ0n) is 12.4. The normalized spacial score (nSPS) is 13.4. The van der Waals surface area contributed by atoms with Gasteiger partial charge in [-0.25, -0.2) is 9.97 Å². The summed E-state index contributed by atoms with van der Waals surface area (Å²) in [5, 5.41) is 3.43. The van der Waals surface area contributed by atoms with Gasteiger partial charge in [-0.05, 0) is 41.0 Å². The van der Waals surface area contributed by atoms with Crippen LogP contribution in [0.25, 0.3) is 0 Å². The van der Waals surface area contributed by atoms with Gasteiger partial charge in [-0.3, -0.25) is 0 Å². The SMILES string of the molecule is CCC(C)Oc1ncc(CNC(C)(C)C)c(C)n1. The molecule has 0 saturated heterocycles. The number of ether oxygens (including phenoxy) is 1. The van der Waals surface area contributed by atoms with Gasteiger partial charge in [0.1, 0.15) is 0 Å². The summed E-state index contributed by atoms with van der Waals surface area (Å²) in [6, 6.07) is 0.473. The highest BCUT2D eigenvalue weighted by atomic mass is 16.5. The molecule has 0 spiro atoms. The lowest BCUT2D eigenvalue weighted by atomic mass is 10.1. The first-order chi connectivity index (χ1) is 8.31. The van der Waals surface area contributed by atoms with E-state index in [1.807, 2.05) is 20.0 Å². The summed E-state index contributed by atoms with van der Waals surface area (Å²) in [5.74, 6) is 0. The number of hydrogen-bond donors (Lipinski definition) is 1. The van der Waals surface area contributed by atoms with Crippen LogP contribution in [0.2, 0.25) is 0 Å². The summed E-state index contributed by atoms with van der Waals surface area (Å²) in [4.78, 5) is 8.64. The molecule has 0 radical (unpaired) electrons. The molecule has 1 rings (SSSR count). The van der Waals surface area contributed by atoms with E-state index in [9.17, 15) is 0 Å². The molecule has 18 heavy (non-hydrogen) atoms. The van der Waals surface area contributed by atoms with Crippen LogP contribution in [0.5, 0.6) is 6.01 Å². The Hall–Kier alpha value is -1.16. The van der Waals surface area contributed by atoms with Crippen molar-refractivity contribution in [3.05, 3.63) is 17.5 Å². The number of aromatic nitrogens is 2. The van der Waals surface area contributed by atoms with Crippen molar-refractivity contribution in [1.82, 2.24) is 15.3 Å². The van der Waals surface area contributed by atoms with Crippen LogP contribution in [0.15, 0.2) is 6.20 Å². The van der Waals surface area contributed by atoms with Crippen molar-refractivity contribution in [2.45, 2.75) is 66.2 Å². The lowest BCUT2D eigenvalue weighted by Crippen LogP contribution is -2.35. The summed E-state index contributed by atoms with van der Waals surface area (Å²) in [6.45, 7) is 13.3. The van der Waals surface area contributed by atoms with Crippen molar-refractivity contribution < 1.29 is 4.74 Å². The minimum Gasteiger partial charge on any atom is -0.460 e. The average molecular weight is 251 g/mol. The number of aryl methyl sites for hydroxylation is 1. The molecule has 4 nitrogen and oxygen atoms in total. The fourth-order valence-corrected chi connectivity index (χ4v) is 1.32. The first-order valence-electron chi connectivity index (χ1n) is 6.56. The minimum absolute atomic E-state index is 0.0956. The van der Waals surface area contributed by atoms with Crippen molar-refractivity contribution >= 4 is 0 Å². The van der Waals surface area contributed by atoms with Crippen LogP contribution < -0.4 is 10.1 Å². The van der Waals surface area contributed by atoms with Crippen molar-refractivity contribution in [3.63, 3.8) is 0 Å². The van der Waals surface area contributed by atoms with Crippen molar-refractivity contribution in [2.24, 2.45) is 0 Å². The van der Waals surface area contributed by atoms with Crippen LogP contribution in [0.3, 0.4) is 0 Å². The van der Waals surface area contributed by atoms with Gasteiger partial charge in [0.15, 0.2) is 0 Å². The van der Waals surface area contributed by atoms with Crippen LogP contribution in [0, 0.1) is 6.92 Å². The molecule has 1 heterocycles. The van der Waals surface area contributed by atoms with Crippen LogP contribution >= 0.6 is 0 Å². The molecule has 102 valence electrons. The molecule has 0 aliphatic carbocycles. The van der Waals surface area contributed by atoms with E-state index >= 15 is 0 Å². The third kappa shape index (κ3) is 5.00. The molecular formula is C14H25N3O. The molecule has 0 saturated carbocycles. The molecule has 1 N–H and O–H groups in total. The Labute approximate surface area is 110 Å². The van der Waals surface area contributed by atoms with E-state index in [2.05, 4.69) is 43.0 Å². The first-order valence-corrected chi connectivity index (χ1v) is 6.56. The Bertz CT molecular complexity index is 385. The first kappa shape index (κ1) is 14.9. The molecule has 0 aromatic carbocycles. The van der Waals surface area contributed by atoms with Gasteiger partial charge in [0, 0.05) is 29.5 Å². The number of rotatable bonds is 5. The maximum Gasteiger partial charge on any atom is 0.316 e. The quantitative estimate of drug-likeness (QED) is 0.874. The van der Waals surface area contributed by atoms with Gasteiger partial charge in [0.2, 0.25) is 0 Å². The van der Waals surface area contributed by atoms with Crippen LogP contribution in [-0.2, 0) is 6.54 Å². The van der Waals surface area contributed by atoms with E-state index in [0.717, 1.165) is 24.2 Å². The number of nitrogens with one attached hydrogen (secondary N) is 1. The Morgan fingerprint density at radius 2 is 2.06 bits per heavy atom. The summed E-state index contributed by atoms with van der Waals surface area (Å²) in [5.41, 5.74) is 2.18. The summed E-state index contributed by atoms with van der Waals surface area (Å²) in [7, 11) is 0. The Balaban J connectivity index is 2.68. The molecule has 0 amide bonds. The van der Waals surface area contributed by atoms with Crippen LogP contribution in [0.4, 0.5) is 0 Å². The van der Waals surface area contributed by atoms with E-state index in [1.54, 1.807) is 0 Å². The van der Waals surface area contributed by atoms with Gasteiger partial charge in [-0.1, -0.05) is 6.92 Å². The number of nitrogens with zero attached hydrogens (tertiary/aromatic N) is 2. The molecule has 4 heteroatoms.